The SMILES string of the molecule is CC(=O)Nc1cccc(NC(=O)c2cnc(N3CCN(C(C)=O)CC3)nc2)c1. The van der Waals surface area contributed by atoms with Gasteiger partial charge in [0, 0.05) is 63.8 Å². The van der Waals surface area contributed by atoms with E-state index in [9.17, 15) is 14.4 Å². The average molecular weight is 382 g/mol. The van der Waals surface area contributed by atoms with Crippen LogP contribution in [0.1, 0.15) is 24.2 Å². The molecule has 3 amide bonds. The molecule has 9 heteroatoms. The Morgan fingerprint density at radius 1 is 0.929 bits per heavy atom. The van der Waals surface area contributed by atoms with Crippen molar-refractivity contribution in [2.45, 2.75) is 13.8 Å². The van der Waals surface area contributed by atoms with Crippen molar-refractivity contribution in [2.24, 2.45) is 0 Å². The Labute approximate surface area is 162 Å². The number of nitrogens with one attached hydrogen (secondary N) is 2. The predicted octanol–water partition coefficient (Wildman–Crippen LogP) is 1.36. The van der Waals surface area contributed by atoms with Gasteiger partial charge < -0.3 is 20.4 Å². The van der Waals surface area contributed by atoms with Gasteiger partial charge in [0.1, 0.15) is 0 Å². The van der Waals surface area contributed by atoms with Gasteiger partial charge in [-0.3, -0.25) is 14.4 Å². The van der Waals surface area contributed by atoms with Gasteiger partial charge in [0.15, 0.2) is 0 Å². The Kier molecular flexibility index (Phi) is 5.83. The molecule has 1 aromatic carbocycles. The molecule has 1 fully saturated rings. The Morgan fingerprint density at radius 3 is 2.11 bits per heavy atom. The third-order valence-electron chi connectivity index (χ3n) is 4.35. The Bertz CT molecular complexity index is 875. The van der Waals surface area contributed by atoms with E-state index in [0.717, 1.165) is 0 Å². The second kappa shape index (κ2) is 8.47. The van der Waals surface area contributed by atoms with Crippen LogP contribution in [0.15, 0.2) is 36.7 Å². The molecule has 0 radical (unpaired) electrons. The summed E-state index contributed by atoms with van der Waals surface area (Å²) < 4.78 is 0. The van der Waals surface area contributed by atoms with Crippen molar-refractivity contribution in [1.82, 2.24) is 14.9 Å². The first-order chi connectivity index (χ1) is 13.4. The molecule has 146 valence electrons. The van der Waals surface area contributed by atoms with Crippen molar-refractivity contribution in [3.8, 4) is 0 Å². The zero-order valence-corrected chi connectivity index (χ0v) is 15.8. The molecule has 0 saturated carbocycles. The fraction of sp³-hybridized carbons (Fsp3) is 0.316. The molecule has 1 aromatic heterocycles. The zero-order valence-electron chi connectivity index (χ0n) is 15.8. The first-order valence-corrected chi connectivity index (χ1v) is 8.94. The van der Waals surface area contributed by atoms with Crippen LogP contribution >= 0.6 is 0 Å². The molecule has 0 unspecified atom stereocenters. The van der Waals surface area contributed by atoms with E-state index in [4.69, 9.17) is 0 Å². The highest BCUT2D eigenvalue weighted by molar-refractivity contribution is 6.04. The van der Waals surface area contributed by atoms with Gasteiger partial charge in [-0.05, 0) is 18.2 Å². The molecule has 28 heavy (non-hydrogen) atoms. The fourth-order valence-electron chi connectivity index (χ4n) is 2.90. The summed E-state index contributed by atoms with van der Waals surface area (Å²) in [6.07, 6.45) is 2.96. The van der Waals surface area contributed by atoms with Crippen LogP contribution in [0.5, 0.6) is 0 Å². The number of anilines is 3. The standard InChI is InChI=1S/C19H22N6O3/c1-13(26)22-16-4-3-5-17(10-16)23-18(28)15-11-20-19(21-12-15)25-8-6-24(7-9-25)14(2)27/h3-5,10-12H,6-9H2,1-2H3,(H,22,26)(H,23,28). The molecule has 3 rings (SSSR count). The van der Waals surface area contributed by atoms with Crippen LogP contribution in [0.3, 0.4) is 0 Å². The van der Waals surface area contributed by atoms with Crippen LogP contribution < -0.4 is 15.5 Å². The molecule has 0 aliphatic carbocycles. The molecule has 0 atom stereocenters. The van der Waals surface area contributed by atoms with Gasteiger partial charge >= 0.3 is 0 Å². The lowest BCUT2D eigenvalue weighted by atomic mass is 10.2. The maximum Gasteiger partial charge on any atom is 0.258 e. The molecule has 1 saturated heterocycles. The summed E-state index contributed by atoms with van der Waals surface area (Å²) in [6.45, 7) is 5.55. The van der Waals surface area contributed by atoms with Gasteiger partial charge in [-0.1, -0.05) is 6.07 Å². The summed E-state index contributed by atoms with van der Waals surface area (Å²) in [5.41, 5.74) is 1.48. The van der Waals surface area contributed by atoms with Crippen LogP contribution in [-0.2, 0) is 9.59 Å². The van der Waals surface area contributed by atoms with Crippen LogP contribution in [0, 0.1) is 0 Å². The highest BCUT2D eigenvalue weighted by Crippen LogP contribution is 2.16. The molecule has 9 nitrogen and oxygen atoms in total. The summed E-state index contributed by atoms with van der Waals surface area (Å²) in [5, 5.41) is 5.43. The normalized spacial score (nSPS) is 13.8. The molecule has 2 N–H and O–H groups in total. The molecule has 0 spiro atoms. The summed E-state index contributed by atoms with van der Waals surface area (Å²) in [7, 11) is 0. The molecule has 2 aromatic rings. The minimum Gasteiger partial charge on any atom is -0.339 e. The van der Waals surface area contributed by atoms with Gasteiger partial charge in [0.2, 0.25) is 17.8 Å². The first-order valence-electron chi connectivity index (χ1n) is 8.94. The second-order valence-corrected chi connectivity index (χ2v) is 6.48. The van der Waals surface area contributed by atoms with Crippen LogP contribution in [0.25, 0.3) is 0 Å². The summed E-state index contributed by atoms with van der Waals surface area (Å²) in [6, 6.07) is 6.87. The van der Waals surface area contributed by atoms with Gasteiger partial charge in [0.05, 0.1) is 5.56 Å². The van der Waals surface area contributed by atoms with Crippen molar-refractivity contribution >= 4 is 35.0 Å². The number of carbonyl (C=O) groups excluding carboxylic acids is 3. The van der Waals surface area contributed by atoms with E-state index < -0.39 is 0 Å². The Morgan fingerprint density at radius 2 is 1.54 bits per heavy atom. The quantitative estimate of drug-likeness (QED) is 0.827. The van der Waals surface area contributed by atoms with E-state index in [0.29, 0.717) is 49.1 Å². The summed E-state index contributed by atoms with van der Waals surface area (Å²) in [4.78, 5) is 47.3. The zero-order chi connectivity index (χ0) is 20.1. The lowest BCUT2D eigenvalue weighted by Crippen LogP contribution is -2.48. The monoisotopic (exact) mass is 382 g/mol. The van der Waals surface area contributed by atoms with Crippen molar-refractivity contribution in [3.63, 3.8) is 0 Å². The molecular formula is C19H22N6O3. The smallest absolute Gasteiger partial charge is 0.258 e. The average Bonchev–Trinajstić information content (AvgIpc) is 2.68. The number of hydrogen-bond donors (Lipinski definition) is 2. The molecule has 2 heterocycles. The van der Waals surface area contributed by atoms with E-state index in [1.54, 1.807) is 36.1 Å². The lowest BCUT2D eigenvalue weighted by Gasteiger charge is -2.34. The number of piperazine rings is 1. The van der Waals surface area contributed by atoms with Crippen molar-refractivity contribution in [2.75, 3.05) is 41.7 Å². The maximum absolute atomic E-state index is 12.4. The third-order valence-corrected chi connectivity index (χ3v) is 4.35. The van der Waals surface area contributed by atoms with E-state index in [1.807, 2.05) is 4.90 Å². The lowest BCUT2D eigenvalue weighted by molar-refractivity contribution is -0.129. The maximum atomic E-state index is 12.4. The second-order valence-electron chi connectivity index (χ2n) is 6.48. The fourth-order valence-corrected chi connectivity index (χ4v) is 2.90. The number of rotatable bonds is 4. The highest BCUT2D eigenvalue weighted by Gasteiger charge is 2.20. The van der Waals surface area contributed by atoms with Crippen molar-refractivity contribution in [1.29, 1.82) is 0 Å². The molecule has 1 aliphatic rings. The number of carbonyl (C=O) groups is 3. The number of benzene rings is 1. The molecular weight excluding hydrogens is 360 g/mol. The van der Waals surface area contributed by atoms with E-state index in [-0.39, 0.29) is 17.7 Å². The molecule has 0 bridgehead atoms. The van der Waals surface area contributed by atoms with Crippen LogP contribution in [-0.4, -0.2) is 58.8 Å². The minimum atomic E-state index is -0.340. The first kappa shape index (κ1) is 19.3. The number of aromatic nitrogens is 2. The predicted molar refractivity (Wildman–Crippen MR) is 105 cm³/mol. The van der Waals surface area contributed by atoms with E-state index in [1.165, 1.54) is 19.3 Å². The van der Waals surface area contributed by atoms with Gasteiger partial charge in [-0.25, -0.2) is 9.97 Å². The van der Waals surface area contributed by atoms with Gasteiger partial charge in [-0.15, -0.1) is 0 Å². The van der Waals surface area contributed by atoms with E-state index >= 15 is 0 Å². The van der Waals surface area contributed by atoms with Crippen molar-refractivity contribution < 1.29 is 14.4 Å². The number of amides is 3. The van der Waals surface area contributed by atoms with Crippen LogP contribution in [0.4, 0.5) is 17.3 Å². The summed E-state index contributed by atoms with van der Waals surface area (Å²) >= 11 is 0. The largest absolute Gasteiger partial charge is 0.339 e. The Balaban J connectivity index is 1.61. The Hall–Kier alpha value is -3.49. The van der Waals surface area contributed by atoms with Crippen LogP contribution in [0.2, 0.25) is 0 Å². The van der Waals surface area contributed by atoms with Gasteiger partial charge in [0.25, 0.3) is 5.91 Å². The topological polar surface area (TPSA) is 108 Å². The number of nitrogens with zero attached hydrogens (tertiary/aromatic N) is 4. The minimum absolute atomic E-state index is 0.0650. The van der Waals surface area contributed by atoms with E-state index in [2.05, 4.69) is 20.6 Å². The molecule has 1 aliphatic heterocycles. The highest BCUT2D eigenvalue weighted by atomic mass is 16.2. The van der Waals surface area contributed by atoms with Gasteiger partial charge in [-0.2, -0.15) is 0 Å². The summed E-state index contributed by atoms with van der Waals surface area (Å²) in [5.74, 6) is 0.0760. The number of hydrogen-bond acceptors (Lipinski definition) is 6. The van der Waals surface area contributed by atoms with Crippen molar-refractivity contribution in [3.05, 3.63) is 42.2 Å². The third kappa shape index (κ3) is 4.81.